The van der Waals surface area contributed by atoms with Gasteiger partial charge in [0, 0.05) is 13.1 Å². The molecule has 1 saturated heterocycles. The highest BCUT2D eigenvalue weighted by molar-refractivity contribution is 5.81. The highest BCUT2D eigenvalue weighted by atomic mass is 19.4. The zero-order valence-electron chi connectivity index (χ0n) is 9.23. The molecule has 2 atom stereocenters. The number of carbonyl (C=O) groups excluding carboxylic acids is 1. The monoisotopic (exact) mass is 238 g/mol. The van der Waals surface area contributed by atoms with Gasteiger partial charge in [-0.15, -0.1) is 0 Å². The largest absolute Gasteiger partial charge is 0.393 e. The van der Waals surface area contributed by atoms with E-state index in [1.807, 2.05) is 6.92 Å². The lowest BCUT2D eigenvalue weighted by atomic mass is 9.94. The number of amides is 1. The second-order valence-electron chi connectivity index (χ2n) is 4.07. The van der Waals surface area contributed by atoms with Gasteiger partial charge in [-0.2, -0.15) is 13.2 Å². The third-order valence-electron chi connectivity index (χ3n) is 2.74. The summed E-state index contributed by atoms with van der Waals surface area (Å²) < 4.78 is 37.0. The van der Waals surface area contributed by atoms with Gasteiger partial charge in [-0.25, -0.2) is 0 Å². The molecule has 0 aromatic rings. The van der Waals surface area contributed by atoms with E-state index >= 15 is 0 Å². The summed E-state index contributed by atoms with van der Waals surface area (Å²) in [7, 11) is 0. The predicted molar refractivity (Wildman–Crippen MR) is 53.9 cm³/mol. The number of alkyl halides is 3. The third-order valence-corrected chi connectivity index (χ3v) is 2.74. The molecule has 94 valence electrons. The van der Waals surface area contributed by atoms with E-state index in [9.17, 15) is 18.0 Å². The molecule has 2 N–H and O–H groups in total. The van der Waals surface area contributed by atoms with E-state index in [-0.39, 0.29) is 25.3 Å². The molecule has 0 saturated carbocycles. The van der Waals surface area contributed by atoms with Gasteiger partial charge in [-0.3, -0.25) is 4.79 Å². The van der Waals surface area contributed by atoms with E-state index in [0.29, 0.717) is 6.54 Å². The molecule has 0 aromatic carbocycles. The Bertz CT molecular complexity index is 235. The summed E-state index contributed by atoms with van der Waals surface area (Å²) in [5.74, 6) is -1.51. The molecule has 16 heavy (non-hydrogen) atoms. The van der Waals surface area contributed by atoms with Gasteiger partial charge >= 0.3 is 6.18 Å². The summed E-state index contributed by atoms with van der Waals surface area (Å²) in [6.45, 7) is 2.34. The van der Waals surface area contributed by atoms with Crippen molar-refractivity contribution >= 4 is 5.91 Å². The minimum Gasteiger partial charge on any atom is -0.355 e. The second kappa shape index (κ2) is 5.52. The Labute approximate surface area is 92.8 Å². The Morgan fingerprint density at radius 1 is 1.44 bits per heavy atom. The van der Waals surface area contributed by atoms with Gasteiger partial charge in [0.25, 0.3) is 0 Å². The van der Waals surface area contributed by atoms with Crippen LogP contribution in [0.2, 0.25) is 0 Å². The first-order chi connectivity index (χ1) is 7.45. The first-order valence-electron chi connectivity index (χ1n) is 5.53. The number of hydrogen-bond donors (Lipinski definition) is 2. The highest BCUT2D eigenvalue weighted by Crippen LogP contribution is 2.31. The van der Waals surface area contributed by atoms with Crippen molar-refractivity contribution in [1.82, 2.24) is 10.6 Å². The molecule has 0 spiro atoms. The van der Waals surface area contributed by atoms with Gasteiger partial charge in [0.2, 0.25) is 5.91 Å². The van der Waals surface area contributed by atoms with E-state index < -0.39 is 18.1 Å². The molecule has 2 unspecified atom stereocenters. The lowest BCUT2D eigenvalue weighted by molar-refractivity contribution is -0.180. The number of carbonyl (C=O) groups is 1. The summed E-state index contributed by atoms with van der Waals surface area (Å²) >= 11 is 0. The summed E-state index contributed by atoms with van der Waals surface area (Å²) in [4.78, 5) is 11.5. The van der Waals surface area contributed by atoms with E-state index in [1.54, 1.807) is 0 Å². The number of hydrogen-bond acceptors (Lipinski definition) is 2. The molecule has 0 radical (unpaired) electrons. The van der Waals surface area contributed by atoms with Crippen molar-refractivity contribution in [3.8, 4) is 0 Å². The zero-order chi connectivity index (χ0) is 12.2. The van der Waals surface area contributed by atoms with Gasteiger partial charge in [-0.05, 0) is 19.3 Å². The van der Waals surface area contributed by atoms with Crippen molar-refractivity contribution in [2.24, 2.45) is 5.92 Å². The van der Waals surface area contributed by atoms with Crippen LogP contribution in [0.3, 0.4) is 0 Å². The standard InChI is InChI=1S/C10H17F3N2O/c1-2-5-14-9(16)8-4-3-7(6-15-8)10(11,12)13/h7-8,15H,2-6H2,1H3,(H,14,16). The lowest BCUT2D eigenvalue weighted by Gasteiger charge is -2.30. The normalized spacial score (nSPS) is 26.5. The van der Waals surface area contributed by atoms with Gasteiger partial charge < -0.3 is 10.6 Å². The lowest BCUT2D eigenvalue weighted by Crippen LogP contribution is -2.51. The van der Waals surface area contributed by atoms with Crippen LogP contribution in [0.15, 0.2) is 0 Å². The first-order valence-corrected chi connectivity index (χ1v) is 5.53. The fourth-order valence-corrected chi connectivity index (χ4v) is 1.73. The number of nitrogens with one attached hydrogen (secondary N) is 2. The van der Waals surface area contributed by atoms with Gasteiger partial charge in [0.15, 0.2) is 0 Å². The SMILES string of the molecule is CCCNC(=O)C1CCC(C(F)(F)F)CN1. The Morgan fingerprint density at radius 3 is 2.56 bits per heavy atom. The Morgan fingerprint density at radius 2 is 2.12 bits per heavy atom. The molecule has 1 amide bonds. The predicted octanol–water partition coefficient (Wildman–Crippen LogP) is 1.44. The van der Waals surface area contributed by atoms with Crippen LogP contribution in [-0.4, -0.2) is 31.2 Å². The Hall–Kier alpha value is -0.780. The summed E-state index contributed by atoms with van der Waals surface area (Å²) in [6, 6.07) is -0.467. The van der Waals surface area contributed by atoms with Crippen molar-refractivity contribution in [2.45, 2.75) is 38.4 Å². The van der Waals surface area contributed by atoms with Crippen LogP contribution in [0, 0.1) is 5.92 Å². The molecule has 0 aromatic heterocycles. The summed E-state index contributed by atoms with van der Waals surface area (Å²) in [5.41, 5.74) is 0. The fraction of sp³-hybridized carbons (Fsp3) is 0.900. The molecule has 0 bridgehead atoms. The van der Waals surface area contributed by atoms with Gasteiger partial charge in [-0.1, -0.05) is 6.92 Å². The molecule has 1 heterocycles. The zero-order valence-corrected chi connectivity index (χ0v) is 9.23. The van der Waals surface area contributed by atoms with E-state index in [4.69, 9.17) is 0 Å². The Kier molecular flexibility index (Phi) is 4.58. The van der Waals surface area contributed by atoms with Gasteiger partial charge in [0.05, 0.1) is 12.0 Å². The average molecular weight is 238 g/mol. The van der Waals surface area contributed by atoms with E-state index in [0.717, 1.165) is 6.42 Å². The van der Waals surface area contributed by atoms with Crippen LogP contribution in [0.1, 0.15) is 26.2 Å². The average Bonchev–Trinajstić information content (AvgIpc) is 2.25. The highest BCUT2D eigenvalue weighted by Gasteiger charge is 2.42. The quantitative estimate of drug-likeness (QED) is 0.781. The number of rotatable bonds is 3. The van der Waals surface area contributed by atoms with E-state index in [1.165, 1.54) is 0 Å². The maximum absolute atomic E-state index is 12.3. The third kappa shape index (κ3) is 3.66. The van der Waals surface area contributed by atoms with Crippen LogP contribution in [0.4, 0.5) is 13.2 Å². The van der Waals surface area contributed by atoms with E-state index in [2.05, 4.69) is 10.6 Å². The van der Waals surface area contributed by atoms with Gasteiger partial charge in [0.1, 0.15) is 0 Å². The van der Waals surface area contributed by atoms with Crippen molar-refractivity contribution < 1.29 is 18.0 Å². The van der Waals surface area contributed by atoms with Crippen LogP contribution in [0.25, 0.3) is 0 Å². The maximum atomic E-state index is 12.3. The molecule has 1 aliphatic heterocycles. The fourth-order valence-electron chi connectivity index (χ4n) is 1.73. The number of halogens is 3. The summed E-state index contributed by atoms with van der Waals surface area (Å²) in [6.07, 6.45) is -3.05. The molecule has 6 heteroatoms. The van der Waals surface area contributed by atoms with Crippen molar-refractivity contribution in [3.05, 3.63) is 0 Å². The number of piperidine rings is 1. The van der Waals surface area contributed by atoms with Crippen LogP contribution in [-0.2, 0) is 4.79 Å². The summed E-state index contributed by atoms with van der Waals surface area (Å²) in [5, 5.41) is 5.33. The second-order valence-corrected chi connectivity index (χ2v) is 4.07. The van der Waals surface area contributed by atoms with Crippen molar-refractivity contribution in [3.63, 3.8) is 0 Å². The maximum Gasteiger partial charge on any atom is 0.393 e. The molecule has 1 aliphatic rings. The van der Waals surface area contributed by atoms with Crippen molar-refractivity contribution in [2.75, 3.05) is 13.1 Å². The topological polar surface area (TPSA) is 41.1 Å². The molecular formula is C10H17F3N2O. The van der Waals surface area contributed by atoms with Crippen LogP contribution in [0.5, 0.6) is 0 Å². The van der Waals surface area contributed by atoms with Crippen LogP contribution >= 0.6 is 0 Å². The molecule has 1 fully saturated rings. The minimum absolute atomic E-state index is 0.0285. The molecule has 1 rings (SSSR count). The van der Waals surface area contributed by atoms with Crippen molar-refractivity contribution in [1.29, 1.82) is 0 Å². The van der Waals surface area contributed by atoms with Crippen LogP contribution < -0.4 is 10.6 Å². The minimum atomic E-state index is -4.15. The molecule has 0 aliphatic carbocycles. The Balaban J connectivity index is 2.34. The smallest absolute Gasteiger partial charge is 0.355 e. The molecular weight excluding hydrogens is 221 g/mol. The molecule has 3 nitrogen and oxygen atoms in total. The first kappa shape index (κ1) is 13.3.